The van der Waals surface area contributed by atoms with E-state index in [1.807, 2.05) is 0 Å². The van der Waals surface area contributed by atoms with Crippen LogP contribution in [0.4, 0.5) is 10.1 Å². The number of amides is 2. The standard InChI is InChI=1S/C18H14ClFN2O4S/c19-12-9-11(5-6-13(12)20)22-17(24)16(23)21-10-18(25,14-3-1-7-26-14)15-4-2-8-27-15/h1-9,25H,10H2,(H,21,23)(H,22,24)/t18-/m0/s1. The third-order valence-electron chi connectivity index (χ3n) is 3.75. The molecule has 0 aliphatic heterocycles. The lowest BCUT2D eigenvalue weighted by Gasteiger charge is -2.25. The van der Waals surface area contributed by atoms with Crippen LogP contribution >= 0.6 is 22.9 Å². The van der Waals surface area contributed by atoms with Gasteiger partial charge < -0.3 is 20.2 Å². The first-order chi connectivity index (χ1) is 12.9. The molecule has 3 N–H and O–H groups in total. The molecule has 2 aromatic heterocycles. The Balaban J connectivity index is 1.69. The minimum absolute atomic E-state index is 0.168. The molecule has 1 aromatic carbocycles. The van der Waals surface area contributed by atoms with Gasteiger partial charge in [0.1, 0.15) is 11.6 Å². The summed E-state index contributed by atoms with van der Waals surface area (Å²) in [6.07, 6.45) is 1.40. The first-order valence-electron chi connectivity index (χ1n) is 7.75. The quantitative estimate of drug-likeness (QED) is 0.566. The van der Waals surface area contributed by atoms with E-state index in [1.165, 1.54) is 29.7 Å². The van der Waals surface area contributed by atoms with Gasteiger partial charge in [0.05, 0.1) is 17.8 Å². The lowest BCUT2D eigenvalue weighted by molar-refractivity contribution is -0.136. The summed E-state index contributed by atoms with van der Waals surface area (Å²) in [5, 5.41) is 17.3. The number of nitrogens with one attached hydrogen (secondary N) is 2. The number of benzene rings is 1. The van der Waals surface area contributed by atoms with Gasteiger partial charge in [0.25, 0.3) is 0 Å². The molecule has 2 amide bonds. The van der Waals surface area contributed by atoms with Gasteiger partial charge in [0.2, 0.25) is 0 Å². The van der Waals surface area contributed by atoms with Crippen LogP contribution in [0.2, 0.25) is 5.02 Å². The Kier molecular flexibility index (Phi) is 5.59. The van der Waals surface area contributed by atoms with Gasteiger partial charge in [-0.25, -0.2) is 4.39 Å². The average Bonchev–Trinajstić information content (AvgIpc) is 3.36. The fourth-order valence-corrected chi connectivity index (χ4v) is 3.38. The number of thiophene rings is 1. The summed E-state index contributed by atoms with van der Waals surface area (Å²) in [4.78, 5) is 24.7. The second kappa shape index (κ2) is 7.91. The van der Waals surface area contributed by atoms with Crippen molar-refractivity contribution in [3.63, 3.8) is 0 Å². The molecule has 0 unspecified atom stereocenters. The first-order valence-corrected chi connectivity index (χ1v) is 9.00. The molecule has 0 bridgehead atoms. The van der Waals surface area contributed by atoms with Crippen LogP contribution in [-0.4, -0.2) is 23.5 Å². The van der Waals surface area contributed by atoms with E-state index in [2.05, 4.69) is 10.6 Å². The monoisotopic (exact) mass is 408 g/mol. The topological polar surface area (TPSA) is 91.6 Å². The molecule has 0 fully saturated rings. The Labute approximate surface area is 162 Å². The van der Waals surface area contributed by atoms with Crippen molar-refractivity contribution in [1.29, 1.82) is 0 Å². The summed E-state index contributed by atoms with van der Waals surface area (Å²) < 4.78 is 18.4. The van der Waals surface area contributed by atoms with Gasteiger partial charge in [-0.1, -0.05) is 17.7 Å². The molecule has 0 aliphatic carbocycles. The summed E-state index contributed by atoms with van der Waals surface area (Å²) >= 11 is 6.92. The van der Waals surface area contributed by atoms with Gasteiger partial charge in [-0.3, -0.25) is 9.59 Å². The molecular weight excluding hydrogens is 395 g/mol. The Hall–Kier alpha value is -2.68. The molecule has 6 nitrogen and oxygen atoms in total. The number of carbonyl (C=O) groups excluding carboxylic acids is 2. The summed E-state index contributed by atoms with van der Waals surface area (Å²) in [5.41, 5.74) is -1.45. The van der Waals surface area contributed by atoms with E-state index in [4.69, 9.17) is 16.0 Å². The zero-order valence-corrected chi connectivity index (χ0v) is 15.3. The number of hydrogen-bond acceptors (Lipinski definition) is 5. The van der Waals surface area contributed by atoms with Gasteiger partial charge in [0, 0.05) is 10.6 Å². The molecule has 0 spiro atoms. The van der Waals surface area contributed by atoms with Crippen LogP contribution in [0.15, 0.2) is 58.5 Å². The summed E-state index contributed by atoms with van der Waals surface area (Å²) in [7, 11) is 0. The maximum atomic E-state index is 13.2. The maximum Gasteiger partial charge on any atom is 0.313 e. The molecule has 2 heterocycles. The van der Waals surface area contributed by atoms with Crippen LogP contribution in [-0.2, 0) is 15.2 Å². The van der Waals surface area contributed by atoms with Crippen molar-refractivity contribution in [3.8, 4) is 0 Å². The van der Waals surface area contributed by atoms with Gasteiger partial charge in [-0.05, 0) is 41.8 Å². The number of halogens is 2. The van der Waals surface area contributed by atoms with Crippen LogP contribution in [0.3, 0.4) is 0 Å². The second-order valence-electron chi connectivity index (χ2n) is 5.58. The minimum atomic E-state index is -1.62. The van der Waals surface area contributed by atoms with E-state index in [0.29, 0.717) is 4.88 Å². The molecule has 3 rings (SSSR count). The van der Waals surface area contributed by atoms with Crippen molar-refractivity contribution in [2.45, 2.75) is 5.60 Å². The first kappa shape index (κ1) is 19.1. The van der Waals surface area contributed by atoms with Crippen molar-refractivity contribution >= 4 is 40.4 Å². The van der Waals surface area contributed by atoms with Gasteiger partial charge in [-0.15, -0.1) is 11.3 Å². The Morgan fingerprint density at radius 3 is 2.67 bits per heavy atom. The fraction of sp³-hybridized carbons (Fsp3) is 0.111. The van der Waals surface area contributed by atoms with Crippen molar-refractivity contribution < 1.29 is 23.5 Å². The average molecular weight is 409 g/mol. The number of hydrogen-bond donors (Lipinski definition) is 3. The number of anilines is 1. The zero-order chi connectivity index (χ0) is 19.4. The number of aliphatic hydroxyl groups is 1. The lowest BCUT2D eigenvalue weighted by Crippen LogP contribution is -2.44. The zero-order valence-electron chi connectivity index (χ0n) is 13.7. The van der Waals surface area contributed by atoms with Gasteiger partial charge in [-0.2, -0.15) is 0 Å². The second-order valence-corrected chi connectivity index (χ2v) is 6.94. The van der Waals surface area contributed by atoms with Crippen LogP contribution in [0, 0.1) is 5.82 Å². The largest absolute Gasteiger partial charge is 0.466 e. The Bertz CT molecular complexity index is 910. The molecule has 1 atom stereocenters. The van der Waals surface area contributed by atoms with E-state index >= 15 is 0 Å². The molecule has 3 aromatic rings. The molecule has 0 saturated carbocycles. The number of rotatable bonds is 5. The van der Waals surface area contributed by atoms with Crippen LogP contribution in [0.5, 0.6) is 0 Å². The van der Waals surface area contributed by atoms with Crippen LogP contribution in [0.25, 0.3) is 0 Å². The highest BCUT2D eigenvalue weighted by atomic mass is 35.5. The molecule has 9 heteroatoms. The molecule has 27 heavy (non-hydrogen) atoms. The Morgan fingerprint density at radius 1 is 1.22 bits per heavy atom. The maximum absolute atomic E-state index is 13.2. The number of furan rings is 1. The molecule has 0 aliphatic rings. The summed E-state index contributed by atoms with van der Waals surface area (Å²) in [5.74, 6) is -2.36. The summed E-state index contributed by atoms with van der Waals surface area (Å²) in [6, 6.07) is 10.2. The van der Waals surface area contributed by atoms with Gasteiger partial charge >= 0.3 is 11.8 Å². The highest BCUT2D eigenvalue weighted by Gasteiger charge is 2.36. The highest BCUT2D eigenvalue weighted by molar-refractivity contribution is 7.10. The molecule has 140 valence electrons. The van der Waals surface area contributed by atoms with E-state index < -0.39 is 23.2 Å². The lowest BCUT2D eigenvalue weighted by atomic mass is 9.98. The third-order valence-corrected chi connectivity index (χ3v) is 5.06. The van der Waals surface area contributed by atoms with Crippen molar-refractivity contribution in [2.75, 3.05) is 11.9 Å². The predicted molar refractivity (Wildman–Crippen MR) is 99.1 cm³/mol. The fourth-order valence-electron chi connectivity index (χ4n) is 2.37. The van der Waals surface area contributed by atoms with Gasteiger partial charge in [0.15, 0.2) is 5.60 Å². The van der Waals surface area contributed by atoms with Crippen LogP contribution in [0.1, 0.15) is 10.6 Å². The third kappa shape index (κ3) is 4.19. The van der Waals surface area contributed by atoms with Crippen molar-refractivity contribution in [3.05, 3.63) is 75.6 Å². The highest BCUT2D eigenvalue weighted by Crippen LogP contribution is 2.32. The van der Waals surface area contributed by atoms with E-state index in [0.717, 1.165) is 6.07 Å². The summed E-state index contributed by atoms with van der Waals surface area (Å²) in [6.45, 7) is -0.280. The van der Waals surface area contributed by atoms with Crippen molar-refractivity contribution in [1.82, 2.24) is 5.32 Å². The minimum Gasteiger partial charge on any atom is -0.466 e. The van der Waals surface area contributed by atoms with E-state index in [9.17, 15) is 19.1 Å². The molecular formula is C18H14ClFN2O4S. The van der Waals surface area contributed by atoms with Crippen molar-refractivity contribution in [2.24, 2.45) is 0 Å². The molecule has 0 radical (unpaired) electrons. The predicted octanol–water partition coefficient (Wildman–Crippen LogP) is 3.12. The molecule has 0 saturated heterocycles. The van der Waals surface area contributed by atoms with Crippen LogP contribution < -0.4 is 10.6 Å². The Morgan fingerprint density at radius 2 is 2.04 bits per heavy atom. The number of carbonyl (C=O) groups is 2. The smallest absolute Gasteiger partial charge is 0.313 e. The van der Waals surface area contributed by atoms with E-state index in [-0.39, 0.29) is 23.0 Å². The van der Waals surface area contributed by atoms with E-state index in [1.54, 1.807) is 29.6 Å². The SMILES string of the molecule is O=C(NC[C@](O)(c1ccco1)c1cccs1)C(=O)Nc1ccc(F)c(Cl)c1. The normalized spacial score (nSPS) is 13.0.